The molecule has 0 aliphatic rings. The van der Waals surface area contributed by atoms with Gasteiger partial charge >= 0.3 is 5.97 Å². The van der Waals surface area contributed by atoms with Gasteiger partial charge < -0.3 is 14.6 Å². The summed E-state index contributed by atoms with van der Waals surface area (Å²) in [6.45, 7) is 1.60. The summed E-state index contributed by atoms with van der Waals surface area (Å²) in [6.07, 6.45) is 6.17. The quantitative estimate of drug-likeness (QED) is 0.701. The molecule has 0 aliphatic heterocycles. The lowest BCUT2D eigenvalue weighted by atomic mass is 10.1. The fourth-order valence-electron chi connectivity index (χ4n) is 1.98. The van der Waals surface area contributed by atoms with E-state index in [0.29, 0.717) is 31.1 Å². The Kier molecular flexibility index (Phi) is 7.13. The molecule has 0 heterocycles. The van der Waals surface area contributed by atoms with Gasteiger partial charge in [-0.05, 0) is 24.1 Å². The average Bonchev–Trinajstić information content (AvgIpc) is 2.49. The van der Waals surface area contributed by atoms with Crippen LogP contribution >= 0.6 is 0 Å². The minimum atomic E-state index is -0.817. The maximum atomic E-state index is 10.6. The minimum absolute atomic E-state index is 0.0909. The van der Waals surface area contributed by atoms with Crippen molar-refractivity contribution in [1.82, 2.24) is 4.90 Å². The molecule has 0 aromatic heterocycles. The number of rotatable bonds is 9. The molecule has 1 rings (SSSR count). The number of hydrogen-bond acceptors (Lipinski definition) is 4. The molecule has 21 heavy (non-hydrogen) atoms. The first-order valence-corrected chi connectivity index (χ1v) is 6.69. The predicted octanol–water partition coefficient (Wildman–Crippen LogP) is 1.66. The van der Waals surface area contributed by atoms with E-state index in [-0.39, 0.29) is 6.42 Å². The average molecular weight is 291 g/mol. The van der Waals surface area contributed by atoms with Crippen LogP contribution in [0, 0.1) is 12.3 Å². The zero-order valence-corrected chi connectivity index (χ0v) is 12.5. The van der Waals surface area contributed by atoms with Crippen molar-refractivity contribution in [3.8, 4) is 23.8 Å². The fourth-order valence-corrected chi connectivity index (χ4v) is 1.98. The van der Waals surface area contributed by atoms with Gasteiger partial charge in [0.2, 0.25) is 0 Å². The molecule has 0 atom stereocenters. The molecule has 0 spiro atoms. The lowest BCUT2D eigenvalue weighted by molar-refractivity contribution is -0.137. The van der Waals surface area contributed by atoms with E-state index in [2.05, 4.69) is 5.92 Å². The van der Waals surface area contributed by atoms with Gasteiger partial charge in [-0.1, -0.05) is 12.0 Å². The van der Waals surface area contributed by atoms with Crippen LogP contribution in [0.15, 0.2) is 18.2 Å². The molecule has 0 unspecified atom stereocenters. The van der Waals surface area contributed by atoms with Crippen LogP contribution in [0.5, 0.6) is 11.5 Å². The Hall–Kier alpha value is -2.19. The first-order valence-electron chi connectivity index (χ1n) is 6.69. The zero-order chi connectivity index (χ0) is 15.7. The third-order valence-corrected chi connectivity index (χ3v) is 3.12. The highest BCUT2D eigenvalue weighted by Gasteiger charge is 2.09. The number of hydrogen-bond donors (Lipinski definition) is 1. The molecule has 5 nitrogen and oxygen atoms in total. The predicted molar refractivity (Wildman–Crippen MR) is 80.8 cm³/mol. The highest BCUT2D eigenvalue weighted by Crippen LogP contribution is 2.27. The van der Waals surface area contributed by atoms with Gasteiger partial charge in [-0.3, -0.25) is 9.69 Å². The first-order chi connectivity index (χ1) is 10.1. The summed E-state index contributed by atoms with van der Waals surface area (Å²) in [5, 5.41) is 8.73. The summed E-state index contributed by atoms with van der Waals surface area (Å²) >= 11 is 0. The molecular weight excluding hydrogens is 270 g/mol. The van der Waals surface area contributed by atoms with Crippen molar-refractivity contribution in [2.45, 2.75) is 12.8 Å². The number of carbonyl (C=O) groups is 1. The second-order valence-corrected chi connectivity index (χ2v) is 4.56. The molecule has 0 aliphatic carbocycles. The molecule has 0 saturated heterocycles. The number of carboxylic acids is 1. The van der Waals surface area contributed by atoms with E-state index < -0.39 is 5.97 Å². The van der Waals surface area contributed by atoms with Crippen LogP contribution in [0.3, 0.4) is 0 Å². The van der Waals surface area contributed by atoms with Crippen molar-refractivity contribution in [2.24, 2.45) is 0 Å². The Morgan fingerprint density at radius 3 is 2.57 bits per heavy atom. The summed E-state index contributed by atoms with van der Waals surface area (Å²) in [5.74, 6) is 3.11. The Bertz CT molecular complexity index is 507. The fraction of sp³-hybridized carbons (Fsp3) is 0.438. The second-order valence-electron chi connectivity index (χ2n) is 4.56. The van der Waals surface area contributed by atoms with Crippen molar-refractivity contribution in [3.05, 3.63) is 23.8 Å². The van der Waals surface area contributed by atoms with Crippen LogP contribution in [0.1, 0.15) is 12.0 Å². The van der Waals surface area contributed by atoms with Gasteiger partial charge in [0.25, 0.3) is 0 Å². The zero-order valence-electron chi connectivity index (χ0n) is 12.5. The van der Waals surface area contributed by atoms with Gasteiger partial charge in [-0.15, -0.1) is 6.42 Å². The highest BCUT2D eigenvalue weighted by atomic mass is 16.5. The monoisotopic (exact) mass is 291 g/mol. The van der Waals surface area contributed by atoms with Crippen LogP contribution in [0.2, 0.25) is 0 Å². The number of nitrogens with zero attached hydrogens (tertiary/aromatic N) is 1. The smallest absolute Gasteiger partial charge is 0.304 e. The molecule has 1 aromatic rings. The van der Waals surface area contributed by atoms with Crippen molar-refractivity contribution in [2.75, 3.05) is 33.9 Å². The number of benzene rings is 1. The van der Waals surface area contributed by atoms with Crippen molar-refractivity contribution in [3.63, 3.8) is 0 Å². The lowest BCUT2D eigenvalue weighted by Crippen LogP contribution is -2.29. The molecule has 1 aromatic carbocycles. The summed E-state index contributed by atoms with van der Waals surface area (Å²) in [6, 6.07) is 5.74. The van der Waals surface area contributed by atoms with Crippen LogP contribution < -0.4 is 9.47 Å². The molecule has 0 bridgehead atoms. The van der Waals surface area contributed by atoms with Gasteiger partial charge in [0.05, 0.1) is 27.2 Å². The van der Waals surface area contributed by atoms with Gasteiger partial charge in [-0.25, -0.2) is 0 Å². The number of ether oxygens (including phenoxy) is 2. The maximum Gasteiger partial charge on any atom is 0.304 e. The Labute approximate surface area is 125 Å². The normalized spacial score (nSPS) is 10.2. The minimum Gasteiger partial charge on any atom is -0.493 e. The summed E-state index contributed by atoms with van der Waals surface area (Å²) in [5.41, 5.74) is 1.09. The lowest BCUT2D eigenvalue weighted by Gasteiger charge is -2.19. The summed E-state index contributed by atoms with van der Waals surface area (Å²) < 4.78 is 10.5. The SMILES string of the molecule is C#CCN(CCC(=O)O)CCc1ccc(OC)c(OC)c1. The Morgan fingerprint density at radius 2 is 2.00 bits per heavy atom. The molecule has 114 valence electrons. The van der Waals surface area contributed by atoms with Crippen LogP contribution in [-0.2, 0) is 11.2 Å². The molecular formula is C16H21NO4. The number of carboxylic acid groups (broad SMARTS) is 1. The third kappa shape index (κ3) is 5.76. The van der Waals surface area contributed by atoms with E-state index in [1.807, 2.05) is 23.1 Å². The van der Waals surface area contributed by atoms with E-state index in [1.54, 1.807) is 14.2 Å². The van der Waals surface area contributed by atoms with E-state index in [9.17, 15) is 4.79 Å². The van der Waals surface area contributed by atoms with Crippen LogP contribution in [0.25, 0.3) is 0 Å². The summed E-state index contributed by atoms with van der Waals surface area (Å²) in [4.78, 5) is 12.6. The molecule has 0 saturated carbocycles. The standard InChI is InChI=1S/C16H21NO4/c1-4-9-17(11-8-16(18)19)10-7-13-5-6-14(20-2)15(12-13)21-3/h1,5-6,12H,7-11H2,2-3H3,(H,18,19). The van der Waals surface area contributed by atoms with Gasteiger partial charge in [0.15, 0.2) is 11.5 Å². The number of methoxy groups -OCH3 is 2. The van der Waals surface area contributed by atoms with E-state index >= 15 is 0 Å². The van der Waals surface area contributed by atoms with Crippen LogP contribution in [0.4, 0.5) is 0 Å². The van der Waals surface area contributed by atoms with Gasteiger partial charge in [0, 0.05) is 13.1 Å². The van der Waals surface area contributed by atoms with Crippen molar-refractivity contribution >= 4 is 5.97 Å². The number of aliphatic carboxylic acids is 1. The largest absolute Gasteiger partial charge is 0.493 e. The molecule has 0 amide bonds. The van der Waals surface area contributed by atoms with E-state index in [4.69, 9.17) is 21.0 Å². The molecule has 1 N–H and O–H groups in total. The maximum absolute atomic E-state index is 10.6. The highest BCUT2D eigenvalue weighted by molar-refractivity contribution is 5.66. The van der Waals surface area contributed by atoms with Gasteiger partial charge in [-0.2, -0.15) is 0 Å². The Balaban J connectivity index is 2.62. The molecule has 5 heteroatoms. The van der Waals surface area contributed by atoms with Crippen molar-refractivity contribution in [1.29, 1.82) is 0 Å². The second kappa shape index (κ2) is 8.88. The van der Waals surface area contributed by atoms with Gasteiger partial charge in [0.1, 0.15) is 0 Å². The molecule has 0 fully saturated rings. The Morgan fingerprint density at radius 1 is 1.29 bits per heavy atom. The third-order valence-electron chi connectivity index (χ3n) is 3.12. The topological polar surface area (TPSA) is 59.0 Å². The molecule has 0 radical (unpaired) electrons. The first kappa shape index (κ1) is 16.9. The van der Waals surface area contributed by atoms with E-state index in [1.165, 1.54) is 0 Å². The van der Waals surface area contributed by atoms with Crippen LogP contribution in [-0.4, -0.2) is 49.8 Å². The summed E-state index contributed by atoms with van der Waals surface area (Å²) in [7, 11) is 3.19. The number of terminal acetylenes is 1. The van der Waals surface area contributed by atoms with E-state index in [0.717, 1.165) is 12.0 Å². The van der Waals surface area contributed by atoms with Crippen molar-refractivity contribution < 1.29 is 19.4 Å².